The summed E-state index contributed by atoms with van der Waals surface area (Å²) in [6, 6.07) is 6.52. The monoisotopic (exact) mass is 265 g/mol. The van der Waals surface area contributed by atoms with Crippen molar-refractivity contribution in [1.29, 1.82) is 0 Å². The van der Waals surface area contributed by atoms with E-state index in [-0.39, 0.29) is 10.8 Å². The number of rotatable bonds is 2. The molecule has 15 heavy (non-hydrogen) atoms. The average Bonchev–Trinajstić information content (AvgIpc) is 2.74. The molecule has 1 fully saturated rings. The Bertz CT molecular complexity index is 499. The van der Waals surface area contributed by atoms with Crippen molar-refractivity contribution in [2.45, 2.75) is 21.6 Å². The van der Waals surface area contributed by atoms with Crippen molar-refractivity contribution >= 4 is 33.2 Å². The van der Waals surface area contributed by atoms with Gasteiger partial charge in [0.25, 0.3) is 0 Å². The molecule has 0 bridgehead atoms. The van der Waals surface area contributed by atoms with Crippen LogP contribution in [0.25, 0.3) is 0 Å². The van der Waals surface area contributed by atoms with Crippen LogP contribution >= 0.6 is 23.2 Å². The molecule has 1 atom stereocenters. The van der Waals surface area contributed by atoms with Gasteiger partial charge in [0.2, 0.25) is 10.0 Å². The Morgan fingerprint density at radius 3 is 2.33 bits per heavy atom. The van der Waals surface area contributed by atoms with Gasteiger partial charge in [-0.3, -0.25) is 0 Å². The maximum Gasteiger partial charge on any atom is 0.238 e. The molecule has 1 aliphatic rings. The Morgan fingerprint density at radius 1 is 1.33 bits per heavy atom. The minimum absolute atomic E-state index is 0.109. The van der Waals surface area contributed by atoms with E-state index < -0.39 is 14.4 Å². The van der Waals surface area contributed by atoms with Gasteiger partial charge in [0.15, 0.2) is 0 Å². The number of halogens is 2. The highest BCUT2D eigenvalue weighted by atomic mass is 35.5. The van der Waals surface area contributed by atoms with Crippen molar-refractivity contribution in [2.24, 2.45) is 5.14 Å². The van der Waals surface area contributed by atoms with Gasteiger partial charge in [0.1, 0.15) is 4.33 Å². The van der Waals surface area contributed by atoms with E-state index in [0.717, 1.165) is 0 Å². The fourth-order valence-electron chi connectivity index (χ4n) is 1.58. The van der Waals surface area contributed by atoms with E-state index >= 15 is 0 Å². The van der Waals surface area contributed by atoms with Crippen molar-refractivity contribution in [2.75, 3.05) is 0 Å². The summed E-state index contributed by atoms with van der Waals surface area (Å²) in [5, 5.41) is 5.10. The number of alkyl halides is 2. The molecule has 82 valence electrons. The second-order valence-corrected chi connectivity index (χ2v) is 6.67. The van der Waals surface area contributed by atoms with E-state index in [0.29, 0.717) is 12.0 Å². The maximum atomic E-state index is 11.3. The molecule has 0 saturated heterocycles. The van der Waals surface area contributed by atoms with Crippen molar-refractivity contribution in [3.8, 4) is 0 Å². The molecule has 1 aromatic rings. The van der Waals surface area contributed by atoms with Gasteiger partial charge < -0.3 is 0 Å². The predicted molar refractivity (Wildman–Crippen MR) is 59.6 cm³/mol. The largest absolute Gasteiger partial charge is 0.238 e. The third-order valence-corrected chi connectivity index (χ3v) is 4.25. The van der Waals surface area contributed by atoms with Gasteiger partial charge >= 0.3 is 0 Å². The minimum atomic E-state index is -3.71. The Hall–Kier alpha value is -0.290. The fraction of sp³-hybridized carbons (Fsp3) is 0.333. The second-order valence-electron chi connectivity index (χ2n) is 3.60. The molecule has 3 nitrogen and oxygen atoms in total. The molecule has 0 spiro atoms. The van der Waals surface area contributed by atoms with E-state index in [1.165, 1.54) is 6.07 Å². The van der Waals surface area contributed by atoms with Crippen molar-refractivity contribution < 1.29 is 8.42 Å². The Balaban J connectivity index is 2.50. The number of primary sulfonamides is 1. The first-order valence-electron chi connectivity index (χ1n) is 4.32. The first-order chi connectivity index (χ1) is 6.82. The van der Waals surface area contributed by atoms with Gasteiger partial charge in [-0.15, -0.1) is 23.2 Å². The SMILES string of the molecule is NS(=O)(=O)c1ccccc1C1CC1(Cl)Cl. The number of benzene rings is 1. The van der Waals surface area contributed by atoms with Crippen LogP contribution in [-0.4, -0.2) is 12.8 Å². The molecule has 1 saturated carbocycles. The number of sulfonamides is 1. The maximum absolute atomic E-state index is 11.3. The van der Waals surface area contributed by atoms with E-state index in [2.05, 4.69) is 0 Å². The molecule has 2 N–H and O–H groups in total. The van der Waals surface area contributed by atoms with Crippen LogP contribution in [-0.2, 0) is 10.0 Å². The zero-order chi connectivity index (χ0) is 11.3. The van der Waals surface area contributed by atoms with Gasteiger partial charge in [-0.05, 0) is 18.1 Å². The molecular formula is C9H9Cl2NO2S. The summed E-state index contributed by atoms with van der Waals surface area (Å²) in [5.74, 6) is -0.143. The number of hydrogen-bond acceptors (Lipinski definition) is 2. The normalized spacial score (nSPS) is 23.8. The smallest absolute Gasteiger partial charge is 0.225 e. The summed E-state index contributed by atoms with van der Waals surface area (Å²) in [7, 11) is -3.71. The van der Waals surface area contributed by atoms with Gasteiger partial charge in [-0.1, -0.05) is 18.2 Å². The van der Waals surface area contributed by atoms with Gasteiger partial charge in [0.05, 0.1) is 4.90 Å². The van der Waals surface area contributed by atoms with E-state index in [9.17, 15) is 8.42 Å². The Morgan fingerprint density at radius 2 is 1.87 bits per heavy atom. The standard InChI is InChI=1S/C9H9Cl2NO2S/c10-9(11)5-7(9)6-3-1-2-4-8(6)15(12,13)14/h1-4,7H,5H2,(H2,12,13,14). The molecule has 6 heteroatoms. The van der Waals surface area contributed by atoms with Crippen LogP contribution in [0, 0.1) is 0 Å². The second kappa shape index (κ2) is 3.35. The molecule has 1 aliphatic carbocycles. The molecule has 1 aromatic carbocycles. The van der Waals surface area contributed by atoms with Crippen LogP contribution in [0.2, 0.25) is 0 Å². The molecule has 0 heterocycles. The lowest BCUT2D eigenvalue weighted by Gasteiger charge is -2.06. The molecule has 0 aliphatic heterocycles. The Kier molecular flexibility index (Phi) is 2.50. The molecular weight excluding hydrogens is 257 g/mol. The lowest BCUT2D eigenvalue weighted by molar-refractivity contribution is 0.596. The van der Waals surface area contributed by atoms with Crippen LogP contribution in [0.15, 0.2) is 29.2 Å². The van der Waals surface area contributed by atoms with Crippen LogP contribution < -0.4 is 5.14 Å². The predicted octanol–water partition coefficient (Wildman–Crippen LogP) is 2.00. The van der Waals surface area contributed by atoms with Crippen molar-refractivity contribution in [3.63, 3.8) is 0 Å². The quantitative estimate of drug-likeness (QED) is 0.832. The van der Waals surface area contributed by atoms with Crippen molar-refractivity contribution in [3.05, 3.63) is 29.8 Å². The number of nitrogens with two attached hydrogens (primary N) is 1. The average molecular weight is 266 g/mol. The highest BCUT2D eigenvalue weighted by Crippen LogP contribution is 2.60. The zero-order valence-corrected chi connectivity index (χ0v) is 9.98. The highest BCUT2D eigenvalue weighted by molar-refractivity contribution is 7.89. The van der Waals surface area contributed by atoms with Crippen molar-refractivity contribution in [1.82, 2.24) is 0 Å². The first-order valence-corrected chi connectivity index (χ1v) is 6.62. The molecule has 1 unspecified atom stereocenters. The summed E-state index contributed by atoms with van der Waals surface area (Å²) < 4.78 is 21.7. The lowest BCUT2D eigenvalue weighted by atomic mass is 10.1. The molecule has 0 amide bonds. The Labute approximate surface area is 98.2 Å². The molecule has 0 aromatic heterocycles. The third-order valence-electron chi connectivity index (χ3n) is 2.43. The topological polar surface area (TPSA) is 60.2 Å². The summed E-state index contributed by atoms with van der Waals surface area (Å²) in [5.41, 5.74) is 0.602. The van der Waals surface area contributed by atoms with Crippen LogP contribution in [0.4, 0.5) is 0 Å². The third kappa shape index (κ3) is 2.13. The van der Waals surface area contributed by atoms with E-state index in [4.69, 9.17) is 28.3 Å². The van der Waals surface area contributed by atoms with E-state index in [1.54, 1.807) is 18.2 Å². The van der Waals surface area contributed by atoms with Crippen LogP contribution in [0.3, 0.4) is 0 Å². The number of hydrogen-bond donors (Lipinski definition) is 1. The van der Waals surface area contributed by atoms with E-state index in [1.807, 2.05) is 0 Å². The fourth-order valence-corrected chi connectivity index (χ4v) is 2.93. The van der Waals surface area contributed by atoms with Gasteiger partial charge in [-0.25, -0.2) is 13.6 Å². The lowest BCUT2D eigenvalue weighted by Crippen LogP contribution is -2.14. The summed E-state index contributed by atoms with van der Waals surface area (Å²) >= 11 is 11.8. The van der Waals surface area contributed by atoms with Crippen LogP contribution in [0.5, 0.6) is 0 Å². The highest BCUT2D eigenvalue weighted by Gasteiger charge is 2.53. The molecule has 0 radical (unpaired) electrons. The zero-order valence-electron chi connectivity index (χ0n) is 7.65. The van der Waals surface area contributed by atoms with Crippen LogP contribution in [0.1, 0.15) is 17.9 Å². The first kappa shape index (κ1) is 11.2. The minimum Gasteiger partial charge on any atom is -0.225 e. The van der Waals surface area contributed by atoms with Gasteiger partial charge in [0, 0.05) is 5.92 Å². The summed E-state index contributed by atoms with van der Waals surface area (Å²) in [6.07, 6.45) is 0.558. The summed E-state index contributed by atoms with van der Waals surface area (Å²) in [6.45, 7) is 0. The molecule has 2 rings (SSSR count). The summed E-state index contributed by atoms with van der Waals surface area (Å²) in [4.78, 5) is 0.109. The van der Waals surface area contributed by atoms with Gasteiger partial charge in [-0.2, -0.15) is 0 Å².